The van der Waals surface area contributed by atoms with Crippen LogP contribution in [0.2, 0.25) is 0 Å². The van der Waals surface area contributed by atoms with Crippen LogP contribution < -0.4 is 9.47 Å². The molecule has 2 heterocycles. The summed E-state index contributed by atoms with van der Waals surface area (Å²) in [5.74, 6) is 1.97. The van der Waals surface area contributed by atoms with Gasteiger partial charge in [-0.2, -0.15) is 0 Å². The fraction of sp³-hybridized carbons (Fsp3) is 0.529. The summed E-state index contributed by atoms with van der Waals surface area (Å²) in [7, 11) is 0.184. The average Bonchev–Trinajstić information content (AvgIpc) is 3.20. The predicted molar refractivity (Wildman–Crippen MR) is 103 cm³/mol. The van der Waals surface area contributed by atoms with E-state index in [9.17, 15) is 8.42 Å². The molecule has 148 valence electrons. The number of hydrogen-bond donors (Lipinski definition) is 0. The molecule has 2 aromatic rings. The van der Waals surface area contributed by atoms with Crippen LogP contribution in [0.5, 0.6) is 11.5 Å². The molecule has 0 saturated carbocycles. The van der Waals surface area contributed by atoms with Gasteiger partial charge < -0.3 is 13.9 Å². The largest absolute Gasteiger partial charge is 0.497 e. The first-order valence-corrected chi connectivity index (χ1v) is 10.8. The van der Waals surface area contributed by atoms with Crippen molar-refractivity contribution in [2.75, 3.05) is 32.3 Å². The van der Waals surface area contributed by atoms with Crippen molar-refractivity contribution in [3.8, 4) is 23.0 Å². The first-order chi connectivity index (χ1) is 12.9. The second-order valence-electron chi connectivity index (χ2n) is 6.34. The number of nitrogens with zero attached hydrogens (tertiary/aromatic N) is 3. The molecule has 1 aromatic carbocycles. The summed E-state index contributed by atoms with van der Waals surface area (Å²) in [4.78, 5) is 2.28. The molecule has 8 nitrogen and oxygen atoms in total. The molecule has 0 spiro atoms. The molecule has 0 N–H and O–H groups in total. The molecule has 0 aliphatic carbocycles. The summed E-state index contributed by atoms with van der Waals surface area (Å²) in [6.07, 6.45) is 0.626. The summed E-state index contributed by atoms with van der Waals surface area (Å²) >= 11 is 5.31. The SMILES string of the molecule is CCN(Cn1nc(-c2ccc(OC)cc2OC)oc1=S)C1CCS(=O)(=O)C1. The van der Waals surface area contributed by atoms with E-state index in [1.54, 1.807) is 37.1 Å². The Morgan fingerprint density at radius 1 is 1.37 bits per heavy atom. The topological polar surface area (TPSA) is 86.8 Å². The number of ether oxygens (including phenoxy) is 2. The highest BCUT2D eigenvalue weighted by Crippen LogP contribution is 2.32. The molecule has 1 fully saturated rings. The molecule has 1 aromatic heterocycles. The van der Waals surface area contributed by atoms with Crippen molar-refractivity contribution >= 4 is 22.1 Å². The molecule has 3 rings (SSSR count). The molecule has 1 saturated heterocycles. The number of sulfone groups is 1. The lowest BCUT2D eigenvalue weighted by molar-refractivity contribution is 0.162. The number of aromatic nitrogens is 2. The van der Waals surface area contributed by atoms with Gasteiger partial charge in [0.25, 0.3) is 10.7 Å². The third-order valence-corrected chi connectivity index (χ3v) is 6.74. The number of methoxy groups -OCH3 is 2. The molecule has 1 atom stereocenters. The number of hydrogen-bond acceptors (Lipinski definition) is 8. The molecular weight excluding hydrogens is 390 g/mol. The minimum absolute atomic E-state index is 0.0300. The van der Waals surface area contributed by atoms with E-state index in [1.807, 2.05) is 6.92 Å². The highest BCUT2D eigenvalue weighted by Gasteiger charge is 2.32. The average molecular weight is 414 g/mol. The van der Waals surface area contributed by atoms with Crippen LogP contribution in [0.4, 0.5) is 0 Å². The Hall–Kier alpha value is -1.91. The highest BCUT2D eigenvalue weighted by atomic mass is 32.2. The van der Waals surface area contributed by atoms with Gasteiger partial charge >= 0.3 is 0 Å². The fourth-order valence-electron chi connectivity index (χ4n) is 3.19. The Balaban J connectivity index is 1.85. The van der Waals surface area contributed by atoms with E-state index in [1.165, 1.54) is 0 Å². The molecule has 10 heteroatoms. The van der Waals surface area contributed by atoms with Crippen LogP contribution in [0.25, 0.3) is 11.5 Å². The maximum Gasteiger partial charge on any atom is 0.288 e. The summed E-state index contributed by atoms with van der Waals surface area (Å²) in [6, 6.07) is 5.30. The van der Waals surface area contributed by atoms with Crippen LogP contribution in [0.15, 0.2) is 22.6 Å². The molecule has 0 amide bonds. The van der Waals surface area contributed by atoms with Crippen molar-refractivity contribution in [3.63, 3.8) is 0 Å². The van der Waals surface area contributed by atoms with Gasteiger partial charge in [-0.15, -0.1) is 5.10 Å². The van der Waals surface area contributed by atoms with E-state index in [0.717, 1.165) is 0 Å². The summed E-state index contributed by atoms with van der Waals surface area (Å²) in [6.45, 7) is 3.05. The molecular formula is C17H23N3O5S2. The summed E-state index contributed by atoms with van der Waals surface area (Å²) in [5.41, 5.74) is 0.662. The monoisotopic (exact) mass is 413 g/mol. The van der Waals surface area contributed by atoms with Gasteiger partial charge in [-0.25, -0.2) is 13.1 Å². The van der Waals surface area contributed by atoms with Crippen LogP contribution in [0.1, 0.15) is 13.3 Å². The van der Waals surface area contributed by atoms with Gasteiger partial charge in [-0.05, 0) is 37.3 Å². The Morgan fingerprint density at radius 2 is 2.15 bits per heavy atom. The van der Waals surface area contributed by atoms with Crippen LogP contribution in [-0.2, 0) is 16.5 Å². The maximum atomic E-state index is 11.8. The van der Waals surface area contributed by atoms with Crippen LogP contribution in [-0.4, -0.2) is 61.4 Å². The van der Waals surface area contributed by atoms with E-state index < -0.39 is 9.84 Å². The zero-order valence-corrected chi connectivity index (χ0v) is 17.2. The van der Waals surface area contributed by atoms with E-state index >= 15 is 0 Å². The fourth-order valence-corrected chi connectivity index (χ4v) is 5.13. The zero-order chi connectivity index (χ0) is 19.6. The van der Waals surface area contributed by atoms with E-state index in [2.05, 4.69) is 10.00 Å². The van der Waals surface area contributed by atoms with Crippen molar-refractivity contribution in [2.45, 2.75) is 26.1 Å². The first kappa shape index (κ1) is 19.8. The van der Waals surface area contributed by atoms with Gasteiger partial charge in [-0.1, -0.05) is 6.92 Å². The van der Waals surface area contributed by atoms with E-state index in [4.69, 9.17) is 26.1 Å². The van der Waals surface area contributed by atoms with Crippen LogP contribution >= 0.6 is 12.2 Å². The lowest BCUT2D eigenvalue weighted by atomic mass is 10.2. The van der Waals surface area contributed by atoms with Crippen molar-refractivity contribution in [1.29, 1.82) is 0 Å². The molecule has 0 radical (unpaired) electrons. The Labute approximate surface area is 163 Å². The molecule has 1 aliphatic rings. The second kappa shape index (κ2) is 7.99. The molecule has 1 unspecified atom stereocenters. The summed E-state index contributed by atoms with van der Waals surface area (Å²) < 4.78 is 41.4. The maximum absolute atomic E-state index is 11.8. The molecule has 0 bridgehead atoms. The van der Waals surface area contributed by atoms with Gasteiger partial charge in [0.1, 0.15) is 11.5 Å². The van der Waals surface area contributed by atoms with Gasteiger partial charge in [-0.3, -0.25) is 4.90 Å². The van der Waals surface area contributed by atoms with Crippen molar-refractivity contribution in [1.82, 2.24) is 14.7 Å². The third-order valence-electron chi connectivity index (χ3n) is 4.69. The lowest BCUT2D eigenvalue weighted by Gasteiger charge is -2.25. The first-order valence-electron chi connectivity index (χ1n) is 8.61. The molecule has 27 heavy (non-hydrogen) atoms. The standard InChI is InChI=1S/C17H23N3O5S2/c1-4-19(12-7-8-27(21,22)10-12)11-20-17(26)25-16(18-20)14-6-5-13(23-2)9-15(14)24-3/h5-6,9,12H,4,7-8,10-11H2,1-3H3. The van der Waals surface area contributed by atoms with Crippen molar-refractivity contribution in [2.24, 2.45) is 0 Å². The normalized spacial score (nSPS) is 18.7. The Morgan fingerprint density at radius 3 is 2.74 bits per heavy atom. The minimum atomic E-state index is -2.96. The second-order valence-corrected chi connectivity index (χ2v) is 8.92. The zero-order valence-electron chi connectivity index (χ0n) is 15.5. The summed E-state index contributed by atoms with van der Waals surface area (Å²) in [5, 5.41) is 4.47. The number of rotatable bonds is 7. The van der Waals surface area contributed by atoms with Gasteiger partial charge in [0.2, 0.25) is 0 Å². The smallest absolute Gasteiger partial charge is 0.288 e. The molecule has 1 aliphatic heterocycles. The van der Waals surface area contributed by atoms with E-state index in [0.29, 0.717) is 42.6 Å². The Kier molecular flexibility index (Phi) is 5.87. The minimum Gasteiger partial charge on any atom is -0.497 e. The third kappa shape index (κ3) is 4.33. The van der Waals surface area contributed by atoms with Crippen molar-refractivity contribution in [3.05, 3.63) is 23.0 Å². The number of benzene rings is 1. The quantitative estimate of drug-likeness (QED) is 0.640. The van der Waals surface area contributed by atoms with Gasteiger partial charge in [0, 0.05) is 12.1 Å². The Bertz CT molecular complexity index is 967. The van der Waals surface area contributed by atoms with Crippen LogP contribution in [0, 0.1) is 4.84 Å². The highest BCUT2D eigenvalue weighted by molar-refractivity contribution is 7.91. The van der Waals surface area contributed by atoms with Gasteiger partial charge in [0.05, 0.1) is 38.0 Å². The van der Waals surface area contributed by atoms with Crippen LogP contribution in [0.3, 0.4) is 0 Å². The predicted octanol–water partition coefficient (Wildman–Crippen LogP) is 2.36. The lowest BCUT2D eigenvalue weighted by Crippen LogP contribution is -2.37. The van der Waals surface area contributed by atoms with E-state index in [-0.39, 0.29) is 22.4 Å². The van der Waals surface area contributed by atoms with Gasteiger partial charge in [0.15, 0.2) is 9.84 Å². The van der Waals surface area contributed by atoms with Crippen molar-refractivity contribution < 1.29 is 22.3 Å².